The van der Waals surface area contributed by atoms with Gasteiger partial charge in [0.1, 0.15) is 0 Å². The summed E-state index contributed by atoms with van der Waals surface area (Å²) in [6, 6.07) is 0. The van der Waals surface area contributed by atoms with Gasteiger partial charge in [0.15, 0.2) is 0 Å². The normalized spacial score (nSPS) is 26.1. The van der Waals surface area contributed by atoms with Gasteiger partial charge < -0.3 is 5.32 Å². The zero-order valence-electron chi connectivity index (χ0n) is 15.2. The summed E-state index contributed by atoms with van der Waals surface area (Å²) < 4.78 is 0. The first kappa shape index (κ1) is 19.0. The number of rotatable bonds is 12. The number of nitrogens with one attached hydrogen (secondary N) is 1. The second-order valence-corrected chi connectivity index (χ2v) is 7.57. The van der Waals surface area contributed by atoms with Crippen LogP contribution in [-0.2, 0) is 0 Å². The highest BCUT2D eigenvalue weighted by atomic mass is 14.9. The maximum absolute atomic E-state index is 3.74. The molecule has 0 spiro atoms. The van der Waals surface area contributed by atoms with Crippen LogP contribution in [0.5, 0.6) is 0 Å². The van der Waals surface area contributed by atoms with Gasteiger partial charge in [-0.25, -0.2) is 0 Å². The molecule has 0 amide bonds. The second-order valence-electron chi connectivity index (χ2n) is 7.57. The molecule has 0 aromatic rings. The average molecular weight is 296 g/mol. The third kappa shape index (κ3) is 7.68. The molecule has 1 aliphatic rings. The number of unbranched alkanes of at least 4 members (excludes halogenated alkanes) is 4. The second kappa shape index (κ2) is 11.5. The van der Waals surface area contributed by atoms with Crippen molar-refractivity contribution in [1.82, 2.24) is 5.32 Å². The van der Waals surface area contributed by atoms with Crippen LogP contribution in [0.4, 0.5) is 0 Å². The highest BCUT2D eigenvalue weighted by molar-refractivity contribution is 4.87. The molecule has 0 heterocycles. The molecule has 126 valence electrons. The molecule has 0 saturated heterocycles. The van der Waals surface area contributed by atoms with E-state index in [1.54, 1.807) is 0 Å². The van der Waals surface area contributed by atoms with Crippen LogP contribution in [0, 0.1) is 11.3 Å². The van der Waals surface area contributed by atoms with E-state index in [2.05, 4.69) is 26.1 Å². The quantitative estimate of drug-likeness (QED) is 0.415. The fraction of sp³-hybridized carbons (Fsp3) is 1.00. The van der Waals surface area contributed by atoms with Crippen LogP contribution in [0.3, 0.4) is 0 Å². The highest BCUT2D eigenvalue weighted by Crippen LogP contribution is 2.43. The summed E-state index contributed by atoms with van der Waals surface area (Å²) in [6.07, 6.45) is 18.7. The molecule has 1 saturated carbocycles. The van der Waals surface area contributed by atoms with Crippen LogP contribution in [-0.4, -0.2) is 13.1 Å². The Morgan fingerprint density at radius 2 is 1.57 bits per heavy atom. The molecule has 1 rings (SSSR count). The molecular formula is C20H41N. The van der Waals surface area contributed by atoms with Crippen LogP contribution in [0.25, 0.3) is 0 Å². The Bertz CT molecular complexity index is 228. The van der Waals surface area contributed by atoms with E-state index in [9.17, 15) is 0 Å². The summed E-state index contributed by atoms with van der Waals surface area (Å²) in [5.41, 5.74) is 0.644. The minimum atomic E-state index is 0.644. The summed E-state index contributed by atoms with van der Waals surface area (Å²) in [4.78, 5) is 0. The molecule has 0 aliphatic heterocycles. The molecule has 1 N–H and O–H groups in total. The largest absolute Gasteiger partial charge is 0.316 e. The van der Waals surface area contributed by atoms with Crippen molar-refractivity contribution >= 4 is 0 Å². The Balaban J connectivity index is 2.38. The van der Waals surface area contributed by atoms with Crippen molar-refractivity contribution in [2.24, 2.45) is 11.3 Å². The monoisotopic (exact) mass is 295 g/mol. The molecule has 0 unspecified atom stereocenters. The summed E-state index contributed by atoms with van der Waals surface area (Å²) in [5.74, 6) is 1.04. The summed E-state index contributed by atoms with van der Waals surface area (Å²) in [6.45, 7) is 9.42. The molecule has 0 aromatic carbocycles. The van der Waals surface area contributed by atoms with Crippen molar-refractivity contribution in [3.05, 3.63) is 0 Å². The Labute approximate surface area is 134 Å². The third-order valence-electron chi connectivity index (χ3n) is 5.62. The van der Waals surface area contributed by atoms with Gasteiger partial charge in [0.2, 0.25) is 0 Å². The van der Waals surface area contributed by atoms with Crippen LogP contribution < -0.4 is 5.32 Å². The summed E-state index contributed by atoms with van der Waals surface area (Å²) in [5, 5.41) is 3.74. The lowest BCUT2D eigenvalue weighted by atomic mass is 9.67. The maximum atomic E-state index is 3.74. The van der Waals surface area contributed by atoms with E-state index in [-0.39, 0.29) is 0 Å². The molecule has 0 atom stereocenters. The molecule has 0 bridgehead atoms. The van der Waals surface area contributed by atoms with E-state index in [1.165, 1.54) is 96.6 Å². The maximum Gasteiger partial charge on any atom is 0.000781 e. The fourth-order valence-electron chi connectivity index (χ4n) is 4.04. The van der Waals surface area contributed by atoms with Crippen molar-refractivity contribution in [2.45, 2.75) is 104 Å². The highest BCUT2D eigenvalue weighted by Gasteiger charge is 2.34. The Kier molecular flexibility index (Phi) is 10.4. The van der Waals surface area contributed by atoms with Gasteiger partial charge in [-0.05, 0) is 56.4 Å². The van der Waals surface area contributed by atoms with E-state index in [1.807, 2.05) is 0 Å². The zero-order chi connectivity index (χ0) is 15.4. The zero-order valence-corrected chi connectivity index (χ0v) is 15.2. The predicted octanol–water partition coefficient (Wildman–Crippen LogP) is 6.32. The molecule has 1 nitrogen and oxygen atoms in total. The molecule has 0 radical (unpaired) electrons. The lowest BCUT2D eigenvalue weighted by Crippen LogP contribution is -2.38. The van der Waals surface area contributed by atoms with Crippen molar-refractivity contribution in [3.63, 3.8) is 0 Å². The Hall–Kier alpha value is -0.0400. The van der Waals surface area contributed by atoms with Gasteiger partial charge in [-0.1, -0.05) is 65.7 Å². The van der Waals surface area contributed by atoms with Gasteiger partial charge in [0, 0.05) is 6.54 Å². The minimum absolute atomic E-state index is 0.644. The van der Waals surface area contributed by atoms with Gasteiger partial charge in [-0.2, -0.15) is 0 Å². The van der Waals surface area contributed by atoms with E-state index >= 15 is 0 Å². The first-order chi connectivity index (χ1) is 10.3. The molecule has 1 heteroatoms. The lowest BCUT2D eigenvalue weighted by Gasteiger charge is -2.41. The van der Waals surface area contributed by atoms with Crippen molar-refractivity contribution in [3.8, 4) is 0 Å². The van der Waals surface area contributed by atoms with Crippen LogP contribution in [0.15, 0.2) is 0 Å². The lowest BCUT2D eigenvalue weighted by molar-refractivity contribution is 0.124. The summed E-state index contributed by atoms with van der Waals surface area (Å²) in [7, 11) is 0. The van der Waals surface area contributed by atoms with E-state index in [0.29, 0.717) is 5.41 Å². The fourth-order valence-corrected chi connectivity index (χ4v) is 4.04. The molecule has 0 aromatic heterocycles. The molecule has 1 aliphatic carbocycles. The van der Waals surface area contributed by atoms with E-state index in [0.717, 1.165) is 5.92 Å². The van der Waals surface area contributed by atoms with Gasteiger partial charge in [0.25, 0.3) is 0 Å². The van der Waals surface area contributed by atoms with E-state index < -0.39 is 0 Å². The first-order valence-corrected chi connectivity index (χ1v) is 9.97. The van der Waals surface area contributed by atoms with Crippen LogP contribution in [0.1, 0.15) is 104 Å². The Morgan fingerprint density at radius 3 is 2.19 bits per heavy atom. The molecule has 1 fully saturated rings. The van der Waals surface area contributed by atoms with E-state index in [4.69, 9.17) is 0 Å². The predicted molar refractivity (Wildman–Crippen MR) is 95.8 cm³/mol. The summed E-state index contributed by atoms with van der Waals surface area (Å²) >= 11 is 0. The van der Waals surface area contributed by atoms with Crippen molar-refractivity contribution in [1.29, 1.82) is 0 Å². The average Bonchev–Trinajstić information content (AvgIpc) is 2.51. The number of hydrogen-bond donors (Lipinski definition) is 1. The number of hydrogen-bond acceptors (Lipinski definition) is 1. The standard InChI is InChI=1S/C20H41N/c1-4-7-9-10-14-20(18-21-17-6-3)15-12-19(13-16-20)11-8-5-2/h19,21H,4-18H2,1-3H3. The molecular weight excluding hydrogens is 254 g/mol. The van der Waals surface area contributed by atoms with Gasteiger partial charge >= 0.3 is 0 Å². The smallest absolute Gasteiger partial charge is 0.000781 e. The SMILES string of the molecule is CCCCCCC1(CNCCC)CCC(CCCC)CC1. The van der Waals surface area contributed by atoms with Crippen LogP contribution in [0.2, 0.25) is 0 Å². The minimum Gasteiger partial charge on any atom is -0.316 e. The van der Waals surface area contributed by atoms with Crippen molar-refractivity contribution < 1.29 is 0 Å². The van der Waals surface area contributed by atoms with Gasteiger partial charge in [-0.3, -0.25) is 0 Å². The topological polar surface area (TPSA) is 12.0 Å². The first-order valence-electron chi connectivity index (χ1n) is 9.97. The Morgan fingerprint density at radius 1 is 0.857 bits per heavy atom. The third-order valence-corrected chi connectivity index (χ3v) is 5.62. The van der Waals surface area contributed by atoms with Gasteiger partial charge in [0.05, 0.1) is 0 Å². The van der Waals surface area contributed by atoms with Crippen LogP contribution >= 0.6 is 0 Å². The van der Waals surface area contributed by atoms with Gasteiger partial charge in [-0.15, -0.1) is 0 Å². The molecule has 21 heavy (non-hydrogen) atoms. The van der Waals surface area contributed by atoms with Crippen molar-refractivity contribution in [2.75, 3.05) is 13.1 Å².